The molecule has 2 rings (SSSR count). The molecule has 3 nitrogen and oxygen atoms in total. The third kappa shape index (κ3) is 3.09. The maximum Gasteiger partial charge on any atom is 0.221 e. The minimum Gasteiger partial charge on any atom is -0.326 e. The lowest BCUT2D eigenvalue weighted by Gasteiger charge is -2.05. The first-order chi connectivity index (χ1) is 9.47. The van der Waals surface area contributed by atoms with E-state index in [9.17, 15) is 14.0 Å². The molecule has 0 saturated heterocycles. The average molecular weight is 271 g/mol. The summed E-state index contributed by atoms with van der Waals surface area (Å²) in [6.45, 7) is 3.06. The van der Waals surface area contributed by atoms with Crippen molar-refractivity contribution in [1.82, 2.24) is 0 Å². The number of hydrogen-bond acceptors (Lipinski definition) is 2. The lowest BCUT2D eigenvalue weighted by Crippen LogP contribution is -2.06. The Morgan fingerprint density at radius 3 is 2.15 bits per heavy atom. The number of amides is 1. The molecule has 0 bridgehead atoms. The molecule has 1 amide bonds. The van der Waals surface area contributed by atoms with Gasteiger partial charge in [-0.15, -0.1) is 0 Å². The van der Waals surface area contributed by atoms with Crippen molar-refractivity contribution in [3.8, 4) is 0 Å². The Hall–Kier alpha value is -2.49. The van der Waals surface area contributed by atoms with E-state index < -0.39 is 5.82 Å². The first-order valence-corrected chi connectivity index (χ1v) is 6.16. The molecule has 0 aliphatic rings. The van der Waals surface area contributed by atoms with Crippen LogP contribution in [0.5, 0.6) is 0 Å². The summed E-state index contributed by atoms with van der Waals surface area (Å²) in [5, 5.41) is 2.62. The van der Waals surface area contributed by atoms with Crippen molar-refractivity contribution in [2.45, 2.75) is 13.8 Å². The molecule has 20 heavy (non-hydrogen) atoms. The number of carbonyl (C=O) groups excluding carboxylic acids is 2. The Kier molecular flexibility index (Phi) is 3.94. The Balaban J connectivity index is 2.24. The quantitative estimate of drug-likeness (QED) is 0.870. The van der Waals surface area contributed by atoms with Gasteiger partial charge in [0.2, 0.25) is 5.91 Å². The zero-order valence-corrected chi connectivity index (χ0v) is 11.2. The Morgan fingerprint density at radius 2 is 1.60 bits per heavy atom. The fourth-order valence-corrected chi connectivity index (χ4v) is 1.81. The van der Waals surface area contributed by atoms with Crippen molar-refractivity contribution in [3.63, 3.8) is 0 Å². The third-order valence-corrected chi connectivity index (χ3v) is 2.90. The summed E-state index contributed by atoms with van der Waals surface area (Å²) in [5.41, 5.74) is 1.87. The van der Waals surface area contributed by atoms with E-state index in [1.54, 1.807) is 43.3 Å². The van der Waals surface area contributed by atoms with Crippen molar-refractivity contribution >= 4 is 17.4 Å². The summed E-state index contributed by atoms with van der Waals surface area (Å²) in [5.74, 6) is -0.825. The molecule has 1 N–H and O–H groups in total. The van der Waals surface area contributed by atoms with Gasteiger partial charge in [-0.2, -0.15) is 0 Å². The van der Waals surface area contributed by atoms with Crippen molar-refractivity contribution in [2.24, 2.45) is 0 Å². The van der Waals surface area contributed by atoms with Gasteiger partial charge in [0.15, 0.2) is 5.78 Å². The van der Waals surface area contributed by atoms with Crippen LogP contribution in [0.4, 0.5) is 10.1 Å². The predicted octanol–water partition coefficient (Wildman–Crippen LogP) is 3.32. The van der Waals surface area contributed by atoms with Crippen LogP contribution in [0.15, 0.2) is 42.5 Å². The van der Waals surface area contributed by atoms with E-state index in [0.717, 1.165) is 0 Å². The van der Waals surface area contributed by atoms with Gasteiger partial charge in [0.25, 0.3) is 0 Å². The van der Waals surface area contributed by atoms with Gasteiger partial charge in [0, 0.05) is 23.7 Å². The third-order valence-electron chi connectivity index (χ3n) is 2.90. The van der Waals surface area contributed by atoms with Crippen LogP contribution in [-0.4, -0.2) is 11.7 Å². The Bertz CT molecular complexity index is 663. The number of halogens is 1. The predicted molar refractivity (Wildman–Crippen MR) is 75.3 cm³/mol. The maximum atomic E-state index is 13.5. The van der Waals surface area contributed by atoms with Crippen LogP contribution >= 0.6 is 0 Å². The van der Waals surface area contributed by atoms with Gasteiger partial charge >= 0.3 is 0 Å². The molecule has 2 aromatic rings. The minimum atomic E-state index is -0.397. The summed E-state index contributed by atoms with van der Waals surface area (Å²) >= 11 is 0. The van der Waals surface area contributed by atoms with Crippen LogP contribution in [0.3, 0.4) is 0 Å². The molecule has 0 radical (unpaired) electrons. The van der Waals surface area contributed by atoms with E-state index in [-0.39, 0.29) is 11.7 Å². The zero-order chi connectivity index (χ0) is 14.7. The molecule has 2 aromatic carbocycles. The normalized spacial score (nSPS) is 10.2. The summed E-state index contributed by atoms with van der Waals surface area (Å²) in [7, 11) is 0. The maximum absolute atomic E-state index is 13.5. The second-order valence-corrected chi connectivity index (χ2v) is 4.55. The number of rotatable bonds is 3. The van der Waals surface area contributed by atoms with Crippen LogP contribution < -0.4 is 5.32 Å². The van der Waals surface area contributed by atoms with E-state index in [0.29, 0.717) is 22.4 Å². The molecule has 0 heterocycles. The van der Waals surface area contributed by atoms with Gasteiger partial charge in [0.05, 0.1) is 0 Å². The topological polar surface area (TPSA) is 46.2 Å². The van der Waals surface area contributed by atoms with Crippen molar-refractivity contribution < 1.29 is 14.0 Å². The summed E-state index contributed by atoms with van der Waals surface area (Å²) in [6.07, 6.45) is 0. The molecule has 0 atom stereocenters. The highest BCUT2D eigenvalue weighted by Crippen LogP contribution is 2.16. The summed E-state index contributed by atoms with van der Waals surface area (Å²) in [6, 6.07) is 10.9. The van der Waals surface area contributed by atoms with E-state index in [2.05, 4.69) is 5.32 Å². The summed E-state index contributed by atoms with van der Waals surface area (Å²) < 4.78 is 13.5. The fourth-order valence-electron chi connectivity index (χ4n) is 1.81. The monoisotopic (exact) mass is 271 g/mol. The first kappa shape index (κ1) is 13.9. The number of hydrogen-bond donors (Lipinski definition) is 1. The lowest BCUT2D eigenvalue weighted by molar-refractivity contribution is -0.114. The first-order valence-electron chi connectivity index (χ1n) is 6.16. The smallest absolute Gasteiger partial charge is 0.221 e. The van der Waals surface area contributed by atoms with Crippen LogP contribution in [0.25, 0.3) is 0 Å². The number of anilines is 1. The SMILES string of the molecule is CC(=O)Nc1ccc(C(=O)c2ccc(C)c(F)c2)cc1. The second kappa shape index (κ2) is 5.65. The molecule has 102 valence electrons. The van der Waals surface area contributed by atoms with Gasteiger partial charge in [-0.25, -0.2) is 4.39 Å². The van der Waals surface area contributed by atoms with Crippen molar-refractivity contribution in [3.05, 3.63) is 65.0 Å². The standard InChI is InChI=1S/C16H14FNO2/c1-10-3-4-13(9-15(10)17)16(20)12-5-7-14(8-6-12)18-11(2)19/h3-9H,1-2H3,(H,18,19). The van der Waals surface area contributed by atoms with Crippen LogP contribution in [-0.2, 0) is 4.79 Å². The van der Waals surface area contributed by atoms with Crippen LogP contribution in [0.1, 0.15) is 28.4 Å². The highest BCUT2D eigenvalue weighted by Gasteiger charge is 2.11. The van der Waals surface area contributed by atoms with Gasteiger partial charge in [0.1, 0.15) is 5.82 Å². The zero-order valence-electron chi connectivity index (χ0n) is 11.2. The van der Waals surface area contributed by atoms with E-state index >= 15 is 0 Å². The molecule has 0 aliphatic carbocycles. The number of benzene rings is 2. The molecule has 0 spiro atoms. The van der Waals surface area contributed by atoms with E-state index in [4.69, 9.17) is 0 Å². The number of aryl methyl sites for hydroxylation is 1. The molecule has 0 fully saturated rings. The number of carbonyl (C=O) groups is 2. The largest absolute Gasteiger partial charge is 0.326 e. The van der Waals surface area contributed by atoms with Crippen LogP contribution in [0, 0.1) is 12.7 Å². The number of ketones is 1. The molecule has 0 aliphatic heterocycles. The minimum absolute atomic E-state index is 0.176. The Morgan fingerprint density at radius 1 is 1.00 bits per heavy atom. The van der Waals surface area contributed by atoms with Gasteiger partial charge < -0.3 is 5.32 Å². The lowest BCUT2D eigenvalue weighted by atomic mass is 10.0. The molecule has 0 unspecified atom stereocenters. The average Bonchev–Trinajstić information content (AvgIpc) is 2.41. The fraction of sp³-hybridized carbons (Fsp3) is 0.125. The van der Waals surface area contributed by atoms with E-state index in [1.165, 1.54) is 13.0 Å². The van der Waals surface area contributed by atoms with Gasteiger partial charge in [-0.05, 0) is 42.8 Å². The van der Waals surface area contributed by atoms with E-state index in [1.807, 2.05) is 0 Å². The molecule has 0 saturated carbocycles. The second-order valence-electron chi connectivity index (χ2n) is 4.55. The molecular weight excluding hydrogens is 257 g/mol. The molecule has 4 heteroatoms. The molecular formula is C16H14FNO2. The van der Waals surface area contributed by atoms with Crippen molar-refractivity contribution in [2.75, 3.05) is 5.32 Å². The number of nitrogens with one attached hydrogen (secondary N) is 1. The summed E-state index contributed by atoms with van der Waals surface area (Å²) in [4.78, 5) is 23.1. The highest BCUT2D eigenvalue weighted by molar-refractivity contribution is 6.09. The highest BCUT2D eigenvalue weighted by atomic mass is 19.1. The van der Waals surface area contributed by atoms with Gasteiger partial charge in [-0.3, -0.25) is 9.59 Å². The molecule has 0 aromatic heterocycles. The Labute approximate surface area is 116 Å². The van der Waals surface area contributed by atoms with Crippen molar-refractivity contribution in [1.29, 1.82) is 0 Å². The van der Waals surface area contributed by atoms with Crippen LogP contribution in [0.2, 0.25) is 0 Å². The van der Waals surface area contributed by atoms with Gasteiger partial charge in [-0.1, -0.05) is 12.1 Å².